The zero-order valence-electron chi connectivity index (χ0n) is 10.5. The number of hydrogen-bond donors (Lipinski definition) is 2. The van der Waals surface area contributed by atoms with Gasteiger partial charge in [0, 0.05) is 6.07 Å². The van der Waals surface area contributed by atoms with Crippen molar-refractivity contribution in [1.29, 1.82) is 0 Å². The number of amides is 1. The first-order chi connectivity index (χ1) is 9.11. The van der Waals surface area contributed by atoms with Gasteiger partial charge in [0.2, 0.25) is 5.91 Å². The zero-order chi connectivity index (χ0) is 13.8. The van der Waals surface area contributed by atoms with Crippen molar-refractivity contribution >= 4 is 29.3 Å². The van der Waals surface area contributed by atoms with Crippen LogP contribution in [0.5, 0.6) is 5.75 Å². The molecule has 1 heterocycles. The van der Waals surface area contributed by atoms with Crippen LogP contribution in [0, 0.1) is 0 Å². The van der Waals surface area contributed by atoms with E-state index in [2.05, 4.69) is 5.32 Å². The summed E-state index contributed by atoms with van der Waals surface area (Å²) >= 11 is 1.60. The summed E-state index contributed by atoms with van der Waals surface area (Å²) in [5.74, 6) is 0.275. The summed E-state index contributed by atoms with van der Waals surface area (Å²) in [6.07, 6.45) is 1.86. The predicted molar refractivity (Wildman–Crippen MR) is 74.1 cm³/mol. The molecule has 1 unspecified atom stereocenters. The molecule has 1 aliphatic heterocycles. The molecule has 0 aliphatic carbocycles. The molecule has 1 amide bonds. The molecule has 0 radical (unpaired) electrons. The highest BCUT2D eigenvalue weighted by Gasteiger charge is 2.24. The van der Waals surface area contributed by atoms with Crippen molar-refractivity contribution in [2.45, 2.75) is 18.1 Å². The second-order valence-corrected chi connectivity index (χ2v) is 5.52. The Bertz CT molecular complexity index is 497. The fourth-order valence-electron chi connectivity index (χ4n) is 1.94. The molecule has 1 fully saturated rings. The lowest BCUT2D eigenvalue weighted by Crippen LogP contribution is -2.24. The highest BCUT2D eigenvalue weighted by molar-refractivity contribution is 8.00. The van der Waals surface area contributed by atoms with Gasteiger partial charge in [-0.05, 0) is 30.7 Å². The number of rotatable bonds is 4. The van der Waals surface area contributed by atoms with E-state index >= 15 is 0 Å². The number of anilines is 1. The Morgan fingerprint density at radius 1 is 1.47 bits per heavy atom. The standard InChI is InChI=1S/C13H15NO4S/c1-18-8-4-5-9(13(16)17)10(7-8)14-12(15)11-3-2-6-19-11/h4-5,7,11H,2-3,6H2,1H3,(H,14,15)(H,16,17). The maximum absolute atomic E-state index is 12.0. The Hall–Kier alpha value is -1.69. The Labute approximate surface area is 115 Å². The number of ether oxygens (including phenoxy) is 1. The molecule has 19 heavy (non-hydrogen) atoms. The van der Waals surface area contributed by atoms with Crippen LogP contribution in [0.25, 0.3) is 0 Å². The summed E-state index contributed by atoms with van der Waals surface area (Å²) in [4.78, 5) is 23.2. The number of thioether (sulfide) groups is 1. The molecule has 1 saturated heterocycles. The van der Waals surface area contributed by atoms with Gasteiger partial charge in [-0.2, -0.15) is 0 Å². The van der Waals surface area contributed by atoms with Crippen LogP contribution in [0.2, 0.25) is 0 Å². The van der Waals surface area contributed by atoms with E-state index in [9.17, 15) is 9.59 Å². The van der Waals surface area contributed by atoms with E-state index in [-0.39, 0.29) is 22.4 Å². The van der Waals surface area contributed by atoms with E-state index in [1.165, 1.54) is 19.2 Å². The molecule has 2 rings (SSSR count). The zero-order valence-corrected chi connectivity index (χ0v) is 11.3. The number of carbonyl (C=O) groups excluding carboxylic acids is 1. The van der Waals surface area contributed by atoms with Crippen molar-refractivity contribution in [2.24, 2.45) is 0 Å². The number of hydrogen-bond acceptors (Lipinski definition) is 4. The maximum atomic E-state index is 12.0. The second kappa shape index (κ2) is 5.97. The van der Waals surface area contributed by atoms with Gasteiger partial charge in [0.05, 0.1) is 23.6 Å². The summed E-state index contributed by atoms with van der Waals surface area (Å²) in [6.45, 7) is 0. The third-order valence-electron chi connectivity index (χ3n) is 2.94. The van der Waals surface area contributed by atoms with E-state index in [0.717, 1.165) is 18.6 Å². The molecule has 0 saturated carbocycles. The average molecular weight is 281 g/mol. The van der Waals surface area contributed by atoms with E-state index in [1.807, 2.05) is 0 Å². The van der Waals surface area contributed by atoms with E-state index in [0.29, 0.717) is 5.75 Å². The summed E-state index contributed by atoms with van der Waals surface area (Å²) < 4.78 is 5.05. The fraction of sp³-hybridized carbons (Fsp3) is 0.385. The average Bonchev–Trinajstić information content (AvgIpc) is 2.92. The lowest BCUT2D eigenvalue weighted by atomic mass is 10.1. The van der Waals surface area contributed by atoms with Gasteiger partial charge in [-0.1, -0.05) is 0 Å². The first kappa shape index (κ1) is 13.7. The quantitative estimate of drug-likeness (QED) is 0.885. The maximum Gasteiger partial charge on any atom is 0.337 e. The summed E-state index contributed by atoms with van der Waals surface area (Å²) in [6, 6.07) is 4.52. The van der Waals surface area contributed by atoms with Gasteiger partial charge in [-0.3, -0.25) is 4.79 Å². The minimum Gasteiger partial charge on any atom is -0.497 e. The predicted octanol–water partition coefficient (Wildman–Crippen LogP) is 2.23. The van der Waals surface area contributed by atoms with E-state index < -0.39 is 5.97 Å². The Balaban J connectivity index is 2.21. The molecule has 0 spiro atoms. The van der Waals surface area contributed by atoms with Gasteiger partial charge in [0.1, 0.15) is 5.75 Å². The van der Waals surface area contributed by atoms with Crippen LogP contribution in [0.4, 0.5) is 5.69 Å². The molecule has 1 atom stereocenters. The largest absolute Gasteiger partial charge is 0.497 e. The molecular formula is C13H15NO4S. The number of benzene rings is 1. The monoisotopic (exact) mass is 281 g/mol. The number of carboxylic acids is 1. The summed E-state index contributed by atoms with van der Waals surface area (Å²) in [5, 5.41) is 11.7. The lowest BCUT2D eigenvalue weighted by Gasteiger charge is -2.13. The van der Waals surface area contributed by atoms with Crippen molar-refractivity contribution in [1.82, 2.24) is 0 Å². The van der Waals surface area contributed by atoms with Crippen molar-refractivity contribution in [3.8, 4) is 5.75 Å². The van der Waals surface area contributed by atoms with Crippen LogP contribution in [0.3, 0.4) is 0 Å². The van der Waals surface area contributed by atoms with Gasteiger partial charge < -0.3 is 15.2 Å². The minimum atomic E-state index is -1.07. The molecule has 1 aromatic rings. The third-order valence-corrected chi connectivity index (χ3v) is 4.31. The minimum absolute atomic E-state index is 0.0668. The Morgan fingerprint density at radius 2 is 2.26 bits per heavy atom. The topological polar surface area (TPSA) is 75.6 Å². The van der Waals surface area contributed by atoms with Crippen LogP contribution < -0.4 is 10.1 Å². The van der Waals surface area contributed by atoms with Gasteiger partial charge >= 0.3 is 5.97 Å². The highest BCUT2D eigenvalue weighted by Crippen LogP contribution is 2.29. The molecule has 0 aromatic heterocycles. The molecule has 1 aliphatic rings. The normalized spacial score (nSPS) is 18.1. The number of carboxylic acid groups (broad SMARTS) is 1. The number of nitrogens with one attached hydrogen (secondary N) is 1. The Morgan fingerprint density at radius 3 is 2.84 bits per heavy atom. The molecule has 1 aromatic carbocycles. The molecule has 6 heteroatoms. The van der Waals surface area contributed by atoms with Gasteiger partial charge in [0.25, 0.3) is 0 Å². The lowest BCUT2D eigenvalue weighted by molar-refractivity contribution is -0.115. The Kier molecular flexibility index (Phi) is 4.31. The SMILES string of the molecule is COc1ccc(C(=O)O)c(NC(=O)C2CCCS2)c1. The van der Waals surface area contributed by atoms with Gasteiger partial charge in [-0.25, -0.2) is 4.79 Å². The number of methoxy groups -OCH3 is 1. The van der Waals surface area contributed by atoms with Crippen LogP contribution in [0.15, 0.2) is 18.2 Å². The fourth-order valence-corrected chi connectivity index (χ4v) is 3.10. The van der Waals surface area contributed by atoms with Crippen LogP contribution >= 0.6 is 11.8 Å². The van der Waals surface area contributed by atoms with Gasteiger partial charge in [0.15, 0.2) is 0 Å². The van der Waals surface area contributed by atoms with Crippen molar-refractivity contribution in [3.05, 3.63) is 23.8 Å². The molecule has 2 N–H and O–H groups in total. The van der Waals surface area contributed by atoms with Crippen LogP contribution in [-0.2, 0) is 4.79 Å². The summed E-state index contributed by atoms with van der Waals surface area (Å²) in [5.41, 5.74) is 0.349. The molecule has 102 valence electrons. The number of carbonyl (C=O) groups is 2. The van der Waals surface area contributed by atoms with Crippen molar-refractivity contribution in [3.63, 3.8) is 0 Å². The van der Waals surface area contributed by atoms with Gasteiger partial charge in [-0.15, -0.1) is 11.8 Å². The smallest absolute Gasteiger partial charge is 0.337 e. The highest BCUT2D eigenvalue weighted by atomic mass is 32.2. The van der Waals surface area contributed by atoms with Crippen molar-refractivity contribution < 1.29 is 19.4 Å². The first-order valence-electron chi connectivity index (χ1n) is 5.95. The first-order valence-corrected chi connectivity index (χ1v) is 7.00. The second-order valence-electron chi connectivity index (χ2n) is 4.21. The molecular weight excluding hydrogens is 266 g/mol. The molecule has 5 nitrogen and oxygen atoms in total. The van der Waals surface area contributed by atoms with Crippen LogP contribution in [-0.4, -0.2) is 35.1 Å². The third kappa shape index (κ3) is 3.20. The van der Waals surface area contributed by atoms with E-state index in [1.54, 1.807) is 17.8 Å². The van der Waals surface area contributed by atoms with Crippen LogP contribution in [0.1, 0.15) is 23.2 Å². The summed E-state index contributed by atoms with van der Waals surface area (Å²) in [7, 11) is 1.49. The molecule has 0 bridgehead atoms. The number of aromatic carboxylic acids is 1. The van der Waals surface area contributed by atoms with Crippen molar-refractivity contribution in [2.75, 3.05) is 18.2 Å². The van der Waals surface area contributed by atoms with E-state index in [4.69, 9.17) is 9.84 Å².